The number of carbonyl (C=O) groups excluding carboxylic acids is 3. The van der Waals surface area contributed by atoms with E-state index >= 15 is 0 Å². The number of nitrogens with zero attached hydrogens (tertiary/aromatic N) is 1. The molecule has 3 spiro atoms. The van der Waals surface area contributed by atoms with Crippen LogP contribution in [0.4, 0.5) is 0 Å². The van der Waals surface area contributed by atoms with Crippen LogP contribution in [0.2, 0.25) is 0 Å². The van der Waals surface area contributed by atoms with Crippen LogP contribution < -0.4 is 16.4 Å². The van der Waals surface area contributed by atoms with Gasteiger partial charge in [-0.15, -0.1) is 0 Å². The lowest BCUT2D eigenvalue weighted by molar-refractivity contribution is -0.138. The summed E-state index contributed by atoms with van der Waals surface area (Å²) in [5.41, 5.74) is 6.47. The van der Waals surface area contributed by atoms with Gasteiger partial charge >= 0.3 is 0 Å². The number of rotatable bonds is 9. The molecule has 4 aliphatic carbocycles. The third-order valence-corrected chi connectivity index (χ3v) is 12.3. The van der Waals surface area contributed by atoms with Crippen molar-refractivity contribution in [2.24, 2.45) is 39.2 Å². The third-order valence-electron chi connectivity index (χ3n) is 12.3. The van der Waals surface area contributed by atoms with E-state index in [-0.39, 0.29) is 58.0 Å². The van der Waals surface area contributed by atoms with Crippen molar-refractivity contribution in [3.63, 3.8) is 0 Å². The van der Waals surface area contributed by atoms with Crippen LogP contribution in [0.1, 0.15) is 91.4 Å². The molecule has 5 N–H and O–H groups in total. The number of aldehydes is 1. The van der Waals surface area contributed by atoms with Crippen LogP contribution in [0.5, 0.6) is 0 Å². The van der Waals surface area contributed by atoms with Crippen LogP contribution in [0.25, 0.3) is 0 Å². The van der Waals surface area contributed by atoms with Gasteiger partial charge in [-0.25, -0.2) is 0 Å². The predicted molar refractivity (Wildman–Crippen MR) is 146 cm³/mol. The molecule has 5 fully saturated rings. The summed E-state index contributed by atoms with van der Waals surface area (Å²) in [5, 5.41) is 16.6. The molecular weight excluding hydrogens is 480 g/mol. The number of likely N-dealkylation sites (N-methyl/N-ethyl adjacent to an activating group) is 1. The molecule has 1 saturated heterocycles. The quantitative estimate of drug-likeness (QED) is 0.339. The van der Waals surface area contributed by atoms with Gasteiger partial charge in [0.2, 0.25) is 11.8 Å². The Morgan fingerprint density at radius 2 is 1.84 bits per heavy atom. The minimum absolute atomic E-state index is 0.0290. The summed E-state index contributed by atoms with van der Waals surface area (Å²) < 4.78 is 0. The van der Waals surface area contributed by atoms with E-state index in [4.69, 9.17) is 5.73 Å². The maximum atomic E-state index is 13.8. The zero-order valence-corrected chi connectivity index (χ0v) is 23.9. The second-order valence-electron chi connectivity index (χ2n) is 14.4. The summed E-state index contributed by atoms with van der Waals surface area (Å²) in [6.45, 7) is 7.27. The monoisotopic (exact) mass is 530 g/mol. The molecule has 0 aromatic carbocycles. The van der Waals surface area contributed by atoms with Crippen molar-refractivity contribution >= 4 is 18.1 Å². The Morgan fingerprint density at radius 1 is 1.13 bits per heavy atom. The third kappa shape index (κ3) is 4.15. The van der Waals surface area contributed by atoms with Crippen LogP contribution in [0.15, 0.2) is 0 Å². The van der Waals surface area contributed by atoms with E-state index in [1.165, 1.54) is 12.8 Å². The highest BCUT2D eigenvalue weighted by Gasteiger charge is 2.88. The van der Waals surface area contributed by atoms with Crippen LogP contribution >= 0.6 is 0 Å². The number of hydrogen-bond donors (Lipinski definition) is 4. The molecule has 6 unspecified atom stereocenters. The molecule has 0 radical (unpaired) electrons. The number of carbonyl (C=O) groups is 3. The Morgan fingerprint density at radius 3 is 2.42 bits per heavy atom. The van der Waals surface area contributed by atoms with Gasteiger partial charge in [-0.3, -0.25) is 9.59 Å². The number of fused-ring (bicyclic) bond motifs is 1. The molecule has 0 bridgehead atoms. The first-order valence-electron chi connectivity index (χ1n) is 15.1. The minimum Gasteiger partial charge on any atom is -0.391 e. The Hall–Kier alpha value is -1.51. The van der Waals surface area contributed by atoms with E-state index in [0.29, 0.717) is 18.9 Å². The topological polar surface area (TPSA) is 125 Å². The van der Waals surface area contributed by atoms with Gasteiger partial charge in [-0.2, -0.15) is 0 Å². The Bertz CT molecular complexity index is 941. The summed E-state index contributed by atoms with van der Waals surface area (Å²) in [7, 11) is 1.77. The fraction of sp³-hybridized carbons (Fsp3) is 0.900. The minimum atomic E-state index is -0.622. The molecule has 214 valence electrons. The molecule has 4 saturated carbocycles. The summed E-state index contributed by atoms with van der Waals surface area (Å²) in [5.74, 6) is 0.687. The second kappa shape index (κ2) is 9.84. The largest absolute Gasteiger partial charge is 0.391 e. The molecule has 8 heteroatoms. The van der Waals surface area contributed by atoms with Crippen LogP contribution in [-0.2, 0) is 14.4 Å². The van der Waals surface area contributed by atoms with Gasteiger partial charge < -0.3 is 31.2 Å². The highest BCUT2D eigenvalue weighted by atomic mass is 16.3. The van der Waals surface area contributed by atoms with Gasteiger partial charge in [0.1, 0.15) is 12.3 Å². The van der Waals surface area contributed by atoms with E-state index < -0.39 is 12.1 Å². The van der Waals surface area contributed by atoms with E-state index in [0.717, 1.165) is 57.7 Å². The van der Waals surface area contributed by atoms with Crippen LogP contribution in [0, 0.1) is 33.5 Å². The van der Waals surface area contributed by atoms with Crippen molar-refractivity contribution in [1.82, 2.24) is 15.5 Å². The number of likely N-dealkylation sites (tertiary alicyclic amines) is 1. The molecule has 6 atom stereocenters. The average Bonchev–Trinajstić information content (AvgIpc) is 3.12. The lowest BCUT2D eigenvalue weighted by atomic mass is 9.49. The average molecular weight is 531 g/mol. The highest BCUT2D eigenvalue weighted by Crippen LogP contribution is 2.92. The molecular formula is C30H50N4O4. The fourth-order valence-electron chi connectivity index (χ4n) is 9.73. The molecule has 0 aromatic heterocycles. The number of aliphatic hydroxyl groups is 1. The Kier molecular flexibility index (Phi) is 7.26. The van der Waals surface area contributed by atoms with E-state index in [9.17, 15) is 19.5 Å². The van der Waals surface area contributed by atoms with Crippen LogP contribution in [-0.4, -0.2) is 72.5 Å². The van der Waals surface area contributed by atoms with E-state index in [2.05, 4.69) is 24.5 Å². The number of aliphatic hydroxyl groups excluding tert-OH is 1. The molecule has 5 rings (SSSR count). The predicted octanol–water partition coefficient (Wildman–Crippen LogP) is 2.37. The smallest absolute Gasteiger partial charge is 0.243 e. The zero-order chi connectivity index (χ0) is 27.5. The first kappa shape index (κ1) is 28.0. The molecule has 8 nitrogen and oxygen atoms in total. The first-order chi connectivity index (χ1) is 17.9. The number of nitrogens with two attached hydrogens (primary N) is 1. The van der Waals surface area contributed by atoms with E-state index in [1.807, 2.05) is 4.90 Å². The molecule has 5 aliphatic rings. The maximum absolute atomic E-state index is 13.8. The number of nitrogens with one attached hydrogen (secondary N) is 2. The maximum Gasteiger partial charge on any atom is 0.243 e. The normalized spacial score (nSPS) is 37.4. The summed E-state index contributed by atoms with van der Waals surface area (Å²) in [4.78, 5) is 40.3. The zero-order valence-electron chi connectivity index (χ0n) is 23.9. The summed E-state index contributed by atoms with van der Waals surface area (Å²) in [6, 6.07) is -1.16. The molecule has 0 aromatic rings. The van der Waals surface area contributed by atoms with Crippen molar-refractivity contribution in [3.05, 3.63) is 0 Å². The van der Waals surface area contributed by atoms with Crippen LogP contribution in [0.3, 0.4) is 0 Å². The molecule has 1 aliphatic heterocycles. The van der Waals surface area contributed by atoms with Crippen molar-refractivity contribution in [3.8, 4) is 0 Å². The Labute approximate surface area is 228 Å². The summed E-state index contributed by atoms with van der Waals surface area (Å²) >= 11 is 0. The second-order valence-corrected chi connectivity index (χ2v) is 14.4. The summed E-state index contributed by atoms with van der Waals surface area (Å²) in [6.07, 6.45) is 11.9. The lowest BCUT2D eigenvalue weighted by Crippen LogP contribution is -2.53. The van der Waals surface area contributed by atoms with Gasteiger partial charge in [-0.1, -0.05) is 39.5 Å². The number of amides is 2. The molecule has 2 amide bonds. The van der Waals surface area contributed by atoms with Crippen molar-refractivity contribution in [1.29, 1.82) is 0 Å². The van der Waals surface area contributed by atoms with Crippen molar-refractivity contribution in [2.45, 2.75) is 116 Å². The van der Waals surface area contributed by atoms with E-state index in [1.54, 1.807) is 14.0 Å². The molecule has 38 heavy (non-hydrogen) atoms. The van der Waals surface area contributed by atoms with Gasteiger partial charge in [0.25, 0.3) is 0 Å². The van der Waals surface area contributed by atoms with Crippen molar-refractivity contribution in [2.75, 3.05) is 20.1 Å². The van der Waals surface area contributed by atoms with Crippen molar-refractivity contribution < 1.29 is 19.5 Å². The fourth-order valence-corrected chi connectivity index (χ4v) is 9.73. The standard InChI is InChI=1S/C30H50N4O4/c1-19(36)23(11-20-7-5-8-20)33-26(38)24-13-29(18-34(24)25(37)14-32-4)27(2,3)30(29)16-28(17-30)10-6-9-21(12-28)22(31)15-35/h15,19-24,32,36H,5-14,16-18,31H2,1-4H3,(H,33,38). The molecule has 1 heterocycles. The van der Waals surface area contributed by atoms with Gasteiger partial charge in [0.15, 0.2) is 0 Å². The van der Waals surface area contributed by atoms with Gasteiger partial charge in [0, 0.05) is 12.0 Å². The lowest BCUT2D eigenvalue weighted by Gasteiger charge is -2.56. The SMILES string of the molecule is CNCC(=O)N1CC2(CC1C(=O)NC(CC1CCC1)C(C)O)C(C)(C)C21CC2(CCCC(C(N)C=O)C2)C1. The number of hydrogen-bond acceptors (Lipinski definition) is 6. The highest BCUT2D eigenvalue weighted by molar-refractivity contribution is 5.89. The first-order valence-corrected chi connectivity index (χ1v) is 15.1. The van der Waals surface area contributed by atoms with Gasteiger partial charge in [0.05, 0.1) is 24.7 Å². The van der Waals surface area contributed by atoms with Gasteiger partial charge in [-0.05, 0) is 87.0 Å². The Balaban J connectivity index is 1.34.